The fourth-order valence-electron chi connectivity index (χ4n) is 2.39. The van der Waals surface area contributed by atoms with E-state index in [4.69, 9.17) is 23.2 Å². The largest absolute Gasteiger partial charge is 0.345 e. The Morgan fingerprint density at radius 2 is 1.71 bits per heavy atom. The van der Waals surface area contributed by atoms with Gasteiger partial charge in [-0.25, -0.2) is 9.66 Å². The highest BCUT2D eigenvalue weighted by atomic mass is 35.5. The van der Waals surface area contributed by atoms with Crippen molar-refractivity contribution in [3.8, 4) is 0 Å². The Bertz CT molecular complexity index is 1050. The fraction of sp³-hybridized carbons (Fsp3) is 0.111. The monoisotopic (exact) mass is 419 g/mol. The predicted octanol–water partition coefficient (Wildman–Crippen LogP) is 1.96. The Labute approximate surface area is 169 Å². The number of carbonyl (C=O) groups excluding carboxylic acids is 3. The zero-order valence-electron chi connectivity index (χ0n) is 14.4. The number of para-hydroxylation sites is 2. The van der Waals surface area contributed by atoms with Gasteiger partial charge >= 0.3 is 0 Å². The van der Waals surface area contributed by atoms with Gasteiger partial charge < -0.3 is 10.6 Å². The Morgan fingerprint density at radius 1 is 0.964 bits per heavy atom. The Morgan fingerprint density at radius 3 is 2.50 bits per heavy atom. The zero-order valence-corrected chi connectivity index (χ0v) is 15.9. The van der Waals surface area contributed by atoms with Gasteiger partial charge in [0, 0.05) is 5.02 Å². The minimum Gasteiger partial charge on any atom is -0.345 e. The maximum Gasteiger partial charge on any atom is 0.258 e. The fourth-order valence-corrected chi connectivity index (χ4v) is 2.89. The SMILES string of the molecule is O=C(CNC(=O)c1ccc(Cl)cc1Cl)NCC(=O)Nn1cnc2ccccc21. The molecule has 0 radical (unpaired) electrons. The molecule has 3 rings (SSSR count). The van der Waals surface area contributed by atoms with Crippen molar-refractivity contribution in [1.29, 1.82) is 0 Å². The summed E-state index contributed by atoms with van der Waals surface area (Å²) >= 11 is 11.7. The summed E-state index contributed by atoms with van der Waals surface area (Å²) in [6.45, 7) is -0.567. The molecule has 1 aromatic heterocycles. The zero-order chi connectivity index (χ0) is 20.1. The molecule has 0 bridgehead atoms. The molecule has 144 valence electrons. The second-order valence-corrected chi connectivity index (χ2v) is 6.57. The van der Waals surface area contributed by atoms with E-state index in [9.17, 15) is 14.4 Å². The van der Waals surface area contributed by atoms with Crippen molar-refractivity contribution in [3.63, 3.8) is 0 Å². The van der Waals surface area contributed by atoms with Crippen LogP contribution in [0.5, 0.6) is 0 Å². The number of nitrogens with zero attached hydrogens (tertiary/aromatic N) is 2. The first kappa shape index (κ1) is 19.7. The lowest BCUT2D eigenvalue weighted by Gasteiger charge is -2.09. The van der Waals surface area contributed by atoms with Gasteiger partial charge in [0.2, 0.25) is 5.91 Å². The third-order valence-electron chi connectivity index (χ3n) is 3.73. The van der Waals surface area contributed by atoms with Crippen LogP contribution in [0.3, 0.4) is 0 Å². The molecule has 0 aliphatic rings. The smallest absolute Gasteiger partial charge is 0.258 e. The van der Waals surface area contributed by atoms with Crippen LogP contribution >= 0.6 is 23.2 Å². The van der Waals surface area contributed by atoms with Crippen LogP contribution in [0.25, 0.3) is 11.0 Å². The number of fused-ring (bicyclic) bond motifs is 1. The molecule has 3 N–H and O–H groups in total. The Kier molecular flexibility index (Phi) is 6.13. The third-order valence-corrected chi connectivity index (χ3v) is 4.28. The topological polar surface area (TPSA) is 105 Å². The van der Waals surface area contributed by atoms with Crippen LogP contribution in [-0.4, -0.2) is 40.5 Å². The number of carbonyl (C=O) groups is 3. The van der Waals surface area contributed by atoms with E-state index < -0.39 is 17.7 Å². The van der Waals surface area contributed by atoms with E-state index in [-0.39, 0.29) is 23.7 Å². The number of imidazole rings is 1. The molecule has 0 spiro atoms. The van der Waals surface area contributed by atoms with Crippen LogP contribution < -0.4 is 16.1 Å². The maximum atomic E-state index is 12.0. The van der Waals surface area contributed by atoms with Crippen LogP contribution in [0, 0.1) is 0 Å². The molecule has 0 aliphatic carbocycles. The maximum absolute atomic E-state index is 12.0. The van der Waals surface area contributed by atoms with Gasteiger partial charge in [-0.05, 0) is 30.3 Å². The number of amides is 3. The molecule has 3 aromatic rings. The minimum atomic E-state index is -0.524. The lowest BCUT2D eigenvalue weighted by Crippen LogP contribution is -2.41. The molecule has 0 unspecified atom stereocenters. The average Bonchev–Trinajstić information content (AvgIpc) is 3.07. The normalized spacial score (nSPS) is 10.5. The van der Waals surface area contributed by atoms with Crippen LogP contribution in [0.15, 0.2) is 48.8 Å². The second kappa shape index (κ2) is 8.73. The van der Waals surface area contributed by atoms with Gasteiger partial charge in [-0.1, -0.05) is 35.3 Å². The van der Waals surface area contributed by atoms with Gasteiger partial charge in [-0.3, -0.25) is 19.8 Å². The highest BCUT2D eigenvalue weighted by Gasteiger charge is 2.13. The Hall–Kier alpha value is -3.10. The van der Waals surface area contributed by atoms with Crippen molar-refractivity contribution in [2.45, 2.75) is 0 Å². The molecule has 2 aromatic carbocycles. The molecule has 0 atom stereocenters. The predicted molar refractivity (Wildman–Crippen MR) is 106 cm³/mol. The number of aromatic nitrogens is 2. The molecule has 10 heteroatoms. The average molecular weight is 420 g/mol. The summed E-state index contributed by atoms with van der Waals surface area (Å²) in [7, 11) is 0. The van der Waals surface area contributed by atoms with Crippen molar-refractivity contribution >= 4 is 52.0 Å². The van der Waals surface area contributed by atoms with Gasteiger partial charge in [0.25, 0.3) is 11.8 Å². The molecule has 3 amide bonds. The van der Waals surface area contributed by atoms with Crippen LogP contribution in [-0.2, 0) is 9.59 Å². The van der Waals surface area contributed by atoms with E-state index in [1.165, 1.54) is 29.2 Å². The molecular formula is C18H15Cl2N5O3. The lowest BCUT2D eigenvalue weighted by atomic mass is 10.2. The number of rotatable bonds is 6. The van der Waals surface area contributed by atoms with Crippen molar-refractivity contribution in [2.24, 2.45) is 0 Å². The van der Waals surface area contributed by atoms with E-state index in [1.807, 2.05) is 18.2 Å². The minimum absolute atomic E-state index is 0.178. The first-order valence-corrected chi connectivity index (χ1v) is 8.91. The van der Waals surface area contributed by atoms with Gasteiger partial charge in [0.05, 0.1) is 34.7 Å². The summed E-state index contributed by atoms with van der Waals surface area (Å²) in [4.78, 5) is 40.1. The Balaban J connectivity index is 1.46. The number of nitrogens with one attached hydrogen (secondary N) is 3. The summed E-state index contributed by atoms with van der Waals surface area (Å²) in [6, 6.07) is 11.7. The summed E-state index contributed by atoms with van der Waals surface area (Å²) in [5.41, 5.74) is 4.27. The van der Waals surface area contributed by atoms with E-state index in [0.717, 1.165) is 11.0 Å². The van der Waals surface area contributed by atoms with Gasteiger partial charge in [0.15, 0.2) is 0 Å². The number of hydrogen-bond donors (Lipinski definition) is 3. The first-order valence-electron chi connectivity index (χ1n) is 8.16. The quantitative estimate of drug-likeness (QED) is 0.567. The van der Waals surface area contributed by atoms with E-state index in [1.54, 1.807) is 6.07 Å². The third kappa shape index (κ3) is 4.79. The molecule has 8 nitrogen and oxygen atoms in total. The van der Waals surface area contributed by atoms with Crippen LogP contribution in [0.2, 0.25) is 10.0 Å². The molecular weight excluding hydrogens is 405 g/mol. The molecule has 0 fully saturated rings. The highest BCUT2D eigenvalue weighted by Crippen LogP contribution is 2.20. The van der Waals surface area contributed by atoms with Gasteiger partial charge in [-0.2, -0.15) is 0 Å². The van der Waals surface area contributed by atoms with E-state index >= 15 is 0 Å². The van der Waals surface area contributed by atoms with Crippen molar-refractivity contribution in [3.05, 3.63) is 64.4 Å². The lowest BCUT2D eigenvalue weighted by molar-refractivity contribution is -0.123. The number of hydrogen-bond acceptors (Lipinski definition) is 4. The van der Waals surface area contributed by atoms with Gasteiger partial charge in [-0.15, -0.1) is 0 Å². The van der Waals surface area contributed by atoms with Crippen molar-refractivity contribution < 1.29 is 14.4 Å². The summed E-state index contributed by atoms with van der Waals surface area (Å²) in [5.74, 6) is -1.49. The number of benzene rings is 2. The van der Waals surface area contributed by atoms with Crippen molar-refractivity contribution in [1.82, 2.24) is 20.3 Å². The van der Waals surface area contributed by atoms with E-state index in [0.29, 0.717) is 5.02 Å². The standard InChI is InChI=1S/C18H15Cl2N5O3/c19-11-5-6-12(13(20)7-11)18(28)22-8-16(26)21-9-17(27)24-25-10-23-14-3-1-2-4-15(14)25/h1-7,10H,8-9H2,(H,21,26)(H,22,28)(H,24,27). The highest BCUT2D eigenvalue weighted by molar-refractivity contribution is 6.36. The molecule has 0 saturated heterocycles. The van der Waals surface area contributed by atoms with Crippen molar-refractivity contribution in [2.75, 3.05) is 18.5 Å². The molecule has 28 heavy (non-hydrogen) atoms. The summed E-state index contributed by atoms with van der Waals surface area (Å²) in [6.07, 6.45) is 1.47. The van der Waals surface area contributed by atoms with Gasteiger partial charge in [0.1, 0.15) is 6.33 Å². The van der Waals surface area contributed by atoms with E-state index in [2.05, 4.69) is 21.0 Å². The molecule has 0 saturated carbocycles. The summed E-state index contributed by atoms with van der Waals surface area (Å²) in [5, 5.41) is 5.42. The van der Waals surface area contributed by atoms with Crippen LogP contribution in [0.4, 0.5) is 0 Å². The first-order chi connectivity index (χ1) is 13.4. The molecule has 0 aliphatic heterocycles. The molecule has 1 heterocycles. The summed E-state index contributed by atoms with van der Waals surface area (Å²) < 4.78 is 1.47. The second-order valence-electron chi connectivity index (χ2n) is 5.72. The van der Waals surface area contributed by atoms with Crippen LogP contribution in [0.1, 0.15) is 10.4 Å². The number of halogens is 2.